The molecular formula is C21H21F2N7OS. The van der Waals surface area contributed by atoms with Crippen LogP contribution in [0.5, 0.6) is 0 Å². The molecule has 1 fully saturated rings. The van der Waals surface area contributed by atoms with Gasteiger partial charge in [-0.25, -0.2) is 13.8 Å². The van der Waals surface area contributed by atoms with E-state index in [0.717, 1.165) is 17.8 Å². The monoisotopic (exact) mass is 457 g/mol. The van der Waals surface area contributed by atoms with Gasteiger partial charge >= 0.3 is 0 Å². The van der Waals surface area contributed by atoms with Crippen molar-refractivity contribution >= 4 is 45.7 Å². The molecule has 4 aromatic rings. The van der Waals surface area contributed by atoms with Crippen molar-refractivity contribution in [3.8, 4) is 0 Å². The molecule has 1 aliphatic heterocycles. The Hall–Kier alpha value is -3.18. The van der Waals surface area contributed by atoms with E-state index < -0.39 is 17.5 Å². The van der Waals surface area contributed by atoms with Gasteiger partial charge in [-0.2, -0.15) is 8.75 Å². The van der Waals surface area contributed by atoms with Gasteiger partial charge in [0.2, 0.25) is 0 Å². The molecule has 3 aromatic heterocycles. The molecule has 1 saturated heterocycles. The van der Waals surface area contributed by atoms with Crippen molar-refractivity contribution in [3.05, 3.63) is 47.4 Å². The van der Waals surface area contributed by atoms with Crippen molar-refractivity contribution in [2.75, 3.05) is 23.3 Å². The third-order valence-electron chi connectivity index (χ3n) is 5.48. The van der Waals surface area contributed by atoms with Crippen molar-refractivity contribution in [1.29, 1.82) is 0 Å². The molecule has 0 spiro atoms. The molecule has 5 rings (SSSR count). The van der Waals surface area contributed by atoms with E-state index in [0.29, 0.717) is 30.0 Å². The molecule has 0 aliphatic carbocycles. The Kier molecular flexibility index (Phi) is 5.01. The lowest BCUT2D eigenvalue weighted by Gasteiger charge is -2.37. The zero-order valence-corrected chi connectivity index (χ0v) is 18.5. The van der Waals surface area contributed by atoms with Crippen LogP contribution in [0.25, 0.3) is 16.7 Å². The van der Waals surface area contributed by atoms with Gasteiger partial charge in [0.1, 0.15) is 22.4 Å². The minimum absolute atomic E-state index is 0.154. The first kappa shape index (κ1) is 20.7. The first-order valence-corrected chi connectivity index (χ1v) is 10.9. The quantitative estimate of drug-likeness (QED) is 0.491. The minimum atomic E-state index is -0.718. The summed E-state index contributed by atoms with van der Waals surface area (Å²) < 4.78 is 39.6. The first-order valence-electron chi connectivity index (χ1n) is 10.2. The fourth-order valence-corrected chi connectivity index (χ4v) is 4.88. The zero-order valence-electron chi connectivity index (χ0n) is 17.7. The number of nitrogens with one attached hydrogen (secondary N) is 2. The number of benzene rings is 1. The van der Waals surface area contributed by atoms with Gasteiger partial charge in [-0.3, -0.25) is 4.79 Å². The van der Waals surface area contributed by atoms with E-state index in [1.54, 1.807) is 13.1 Å². The van der Waals surface area contributed by atoms with E-state index in [9.17, 15) is 9.18 Å². The maximum Gasteiger partial charge on any atom is 0.261 e. The fourth-order valence-electron chi connectivity index (χ4n) is 4.32. The number of hydrogen-bond donors (Lipinski definition) is 2. The summed E-state index contributed by atoms with van der Waals surface area (Å²) >= 11 is 0.925. The number of rotatable bonds is 3. The maximum absolute atomic E-state index is 15.2. The summed E-state index contributed by atoms with van der Waals surface area (Å²) in [5, 5.41) is 6.02. The highest BCUT2D eigenvalue weighted by molar-refractivity contribution is 7.00. The number of anilines is 2. The van der Waals surface area contributed by atoms with Gasteiger partial charge in [-0.15, -0.1) is 0 Å². The molecule has 0 bridgehead atoms. The second-order valence-electron chi connectivity index (χ2n) is 8.23. The molecule has 32 heavy (non-hydrogen) atoms. The first-order chi connectivity index (χ1) is 15.3. The van der Waals surface area contributed by atoms with E-state index in [1.165, 1.54) is 16.7 Å². The van der Waals surface area contributed by atoms with Crippen LogP contribution >= 0.6 is 11.7 Å². The van der Waals surface area contributed by atoms with Crippen molar-refractivity contribution in [3.63, 3.8) is 0 Å². The van der Waals surface area contributed by atoms with Gasteiger partial charge in [-0.05, 0) is 20.8 Å². The predicted molar refractivity (Wildman–Crippen MR) is 119 cm³/mol. The number of amides is 1. The summed E-state index contributed by atoms with van der Waals surface area (Å²) in [6, 6.07) is 2.95. The van der Waals surface area contributed by atoms with E-state index in [2.05, 4.69) is 43.1 Å². The predicted octanol–water partition coefficient (Wildman–Crippen LogP) is 3.36. The van der Waals surface area contributed by atoms with Crippen LogP contribution in [-0.4, -0.2) is 49.2 Å². The van der Waals surface area contributed by atoms with Crippen LogP contribution in [0.2, 0.25) is 0 Å². The molecule has 1 aromatic carbocycles. The van der Waals surface area contributed by atoms with E-state index >= 15 is 4.39 Å². The Morgan fingerprint density at radius 2 is 1.84 bits per heavy atom. The number of carbonyl (C=O) groups excluding carboxylic acids is 1. The van der Waals surface area contributed by atoms with Gasteiger partial charge < -0.3 is 19.9 Å². The van der Waals surface area contributed by atoms with Crippen LogP contribution in [-0.2, 0) is 0 Å². The minimum Gasteiger partial charge on any atom is -0.367 e. The third-order valence-corrected chi connectivity index (χ3v) is 6.01. The molecule has 0 saturated carbocycles. The number of aromatic nitrogens is 4. The Balaban J connectivity index is 1.51. The SMILES string of the molecule is Cc1cn2cc(NC(=O)c3c(F)cc(N4C[C@@H](C)N[C@@H](C)C4)c4nsnc34)cc(F)c2n1. The molecule has 0 radical (unpaired) electrons. The highest BCUT2D eigenvalue weighted by Crippen LogP contribution is 2.32. The van der Waals surface area contributed by atoms with Crippen LogP contribution in [0.3, 0.4) is 0 Å². The van der Waals surface area contributed by atoms with E-state index in [1.807, 2.05) is 0 Å². The average molecular weight is 458 g/mol. The maximum atomic E-state index is 15.2. The summed E-state index contributed by atoms with van der Waals surface area (Å²) in [5.74, 6) is -2.00. The molecule has 0 unspecified atom stereocenters. The van der Waals surface area contributed by atoms with E-state index in [-0.39, 0.29) is 34.5 Å². The van der Waals surface area contributed by atoms with Crippen LogP contribution in [0.4, 0.5) is 20.2 Å². The summed E-state index contributed by atoms with van der Waals surface area (Å²) in [6.45, 7) is 7.24. The number of hydrogen-bond acceptors (Lipinski definition) is 7. The smallest absolute Gasteiger partial charge is 0.261 e. The van der Waals surface area contributed by atoms with Crippen molar-refractivity contribution in [2.45, 2.75) is 32.9 Å². The van der Waals surface area contributed by atoms with Gasteiger partial charge in [0, 0.05) is 49.7 Å². The standard InChI is InChI=1S/C21H21F2N7OS/c1-10-6-29(7-11(2)24-10)16-5-14(22)17(19-18(16)27-32-28-19)21(31)26-13-4-15(23)20-25-12(3)8-30(20)9-13/h4-5,8-11,24H,6-7H2,1-3H3,(H,26,31)/t10-,11+. The molecule has 8 nitrogen and oxygen atoms in total. The molecular weight excluding hydrogens is 436 g/mol. The lowest BCUT2D eigenvalue weighted by molar-refractivity contribution is 0.102. The average Bonchev–Trinajstić information content (AvgIpc) is 3.32. The molecule has 2 N–H and O–H groups in total. The second-order valence-corrected chi connectivity index (χ2v) is 8.76. The third kappa shape index (κ3) is 3.56. The normalized spacial score (nSPS) is 19.1. The summed E-state index contributed by atoms with van der Waals surface area (Å²) in [6.07, 6.45) is 3.17. The topological polar surface area (TPSA) is 87.5 Å². The van der Waals surface area contributed by atoms with Crippen LogP contribution in [0.15, 0.2) is 24.5 Å². The van der Waals surface area contributed by atoms with Crippen molar-refractivity contribution < 1.29 is 13.6 Å². The fraction of sp³-hybridized carbons (Fsp3) is 0.333. The number of nitrogens with zero attached hydrogens (tertiary/aromatic N) is 5. The van der Waals surface area contributed by atoms with Crippen LogP contribution in [0.1, 0.15) is 29.9 Å². The number of imidazole rings is 1. The number of carbonyl (C=O) groups is 1. The van der Waals surface area contributed by atoms with Gasteiger partial charge in [0.25, 0.3) is 5.91 Å². The lowest BCUT2D eigenvalue weighted by Crippen LogP contribution is -2.54. The van der Waals surface area contributed by atoms with Gasteiger partial charge in [0.15, 0.2) is 11.5 Å². The molecule has 1 aliphatic rings. The second kappa shape index (κ2) is 7.75. The Labute approximate surface area is 186 Å². The number of pyridine rings is 1. The number of fused-ring (bicyclic) bond motifs is 2. The number of halogens is 2. The van der Waals surface area contributed by atoms with Crippen molar-refractivity contribution in [2.24, 2.45) is 0 Å². The summed E-state index contributed by atoms with van der Waals surface area (Å²) in [7, 11) is 0. The molecule has 11 heteroatoms. The van der Waals surface area contributed by atoms with Crippen LogP contribution < -0.4 is 15.5 Å². The number of piperazine rings is 1. The summed E-state index contributed by atoms with van der Waals surface area (Å²) in [5.41, 5.74) is 2.06. The molecule has 2 atom stereocenters. The number of aryl methyl sites for hydroxylation is 1. The molecule has 166 valence electrons. The van der Waals surface area contributed by atoms with Gasteiger partial charge in [0.05, 0.1) is 28.8 Å². The molecule has 4 heterocycles. The lowest BCUT2D eigenvalue weighted by atomic mass is 10.1. The highest BCUT2D eigenvalue weighted by Gasteiger charge is 2.28. The largest absolute Gasteiger partial charge is 0.367 e. The van der Waals surface area contributed by atoms with E-state index in [4.69, 9.17) is 0 Å². The summed E-state index contributed by atoms with van der Waals surface area (Å²) in [4.78, 5) is 19.2. The molecule has 1 amide bonds. The Morgan fingerprint density at radius 3 is 2.59 bits per heavy atom. The van der Waals surface area contributed by atoms with Gasteiger partial charge in [-0.1, -0.05) is 0 Å². The van der Waals surface area contributed by atoms with Crippen LogP contribution in [0, 0.1) is 18.6 Å². The zero-order chi connectivity index (χ0) is 22.6. The Bertz CT molecular complexity index is 1340. The highest BCUT2D eigenvalue weighted by atomic mass is 32.1. The Morgan fingerprint density at radius 1 is 1.12 bits per heavy atom. The van der Waals surface area contributed by atoms with Crippen molar-refractivity contribution in [1.82, 2.24) is 23.4 Å².